The van der Waals surface area contributed by atoms with Crippen molar-refractivity contribution in [1.29, 1.82) is 0 Å². The number of benzene rings is 1. The normalized spacial score (nSPS) is 10.5. The second-order valence-corrected chi connectivity index (χ2v) is 4.07. The molecule has 0 atom stereocenters. The Morgan fingerprint density at radius 1 is 1.32 bits per heavy atom. The SMILES string of the molecule is O=C(O)CONC(=O)CCc1c[nH]c2ccccc12. The van der Waals surface area contributed by atoms with E-state index in [9.17, 15) is 9.59 Å². The first-order chi connectivity index (χ1) is 9.16. The molecule has 6 heteroatoms. The van der Waals surface area contributed by atoms with Gasteiger partial charge >= 0.3 is 5.97 Å². The number of carboxylic acids is 1. The molecule has 0 fully saturated rings. The number of fused-ring (bicyclic) bond motifs is 1. The van der Waals surface area contributed by atoms with Gasteiger partial charge in [-0.25, -0.2) is 10.3 Å². The molecule has 0 aliphatic rings. The third kappa shape index (κ3) is 3.56. The number of H-pyrrole nitrogens is 1. The summed E-state index contributed by atoms with van der Waals surface area (Å²) in [7, 11) is 0. The fraction of sp³-hybridized carbons (Fsp3) is 0.231. The Morgan fingerprint density at radius 2 is 2.11 bits per heavy atom. The number of rotatable bonds is 6. The molecule has 2 aromatic rings. The minimum Gasteiger partial charge on any atom is -0.479 e. The van der Waals surface area contributed by atoms with E-state index in [4.69, 9.17) is 5.11 Å². The lowest BCUT2D eigenvalue weighted by Crippen LogP contribution is -2.26. The van der Waals surface area contributed by atoms with Crippen molar-refractivity contribution in [2.24, 2.45) is 0 Å². The van der Waals surface area contributed by atoms with Gasteiger partial charge in [0, 0.05) is 23.5 Å². The Morgan fingerprint density at radius 3 is 2.89 bits per heavy atom. The van der Waals surface area contributed by atoms with E-state index in [2.05, 4.69) is 15.3 Å². The predicted molar refractivity (Wildman–Crippen MR) is 68.4 cm³/mol. The number of carboxylic acid groups (broad SMARTS) is 1. The Bertz CT molecular complexity index is 591. The average Bonchev–Trinajstić information content (AvgIpc) is 2.79. The fourth-order valence-corrected chi connectivity index (χ4v) is 1.82. The van der Waals surface area contributed by atoms with Gasteiger partial charge in [-0.2, -0.15) is 0 Å². The number of amides is 1. The summed E-state index contributed by atoms with van der Waals surface area (Å²) in [6.07, 6.45) is 2.67. The van der Waals surface area contributed by atoms with Gasteiger partial charge in [-0.05, 0) is 18.1 Å². The fourth-order valence-electron chi connectivity index (χ4n) is 1.82. The molecule has 1 aromatic heterocycles. The summed E-state index contributed by atoms with van der Waals surface area (Å²) in [5, 5.41) is 9.43. The van der Waals surface area contributed by atoms with Gasteiger partial charge in [0.1, 0.15) is 0 Å². The molecular weight excluding hydrogens is 248 g/mol. The van der Waals surface area contributed by atoms with E-state index in [0.717, 1.165) is 16.5 Å². The third-order valence-corrected chi connectivity index (χ3v) is 2.68. The van der Waals surface area contributed by atoms with Crippen LogP contribution in [0, 0.1) is 0 Å². The molecule has 100 valence electrons. The maximum atomic E-state index is 11.4. The zero-order chi connectivity index (χ0) is 13.7. The van der Waals surface area contributed by atoms with Gasteiger partial charge in [-0.15, -0.1) is 0 Å². The molecule has 0 saturated carbocycles. The number of aryl methyl sites for hydroxylation is 1. The summed E-state index contributed by atoms with van der Waals surface area (Å²) in [5.74, 6) is -1.47. The van der Waals surface area contributed by atoms with E-state index in [1.54, 1.807) is 0 Å². The largest absolute Gasteiger partial charge is 0.479 e. The van der Waals surface area contributed by atoms with E-state index in [1.165, 1.54) is 0 Å². The Hall–Kier alpha value is -2.34. The quantitative estimate of drug-likeness (QED) is 0.683. The number of nitrogens with one attached hydrogen (secondary N) is 2. The first-order valence-electron chi connectivity index (χ1n) is 5.84. The molecule has 3 N–H and O–H groups in total. The second-order valence-electron chi connectivity index (χ2n) is 4.07. The van der Waals surface area contributed by atoms with Crippen LogP contribution in [0.1, 0.15) is 12.0 Å². The van der Waals surface area contributed by atoms with Crippen LogP contribution in [0.15, 0.2) is 30.5 Å². The third-order valence-electron chi connectivity index (χ3n) is 2.68. The van der Waals surface area contributed by atoms with Crippen LogP contribution >= 0.6 is 0 Å². The number of aromatic nitrogens is 1. The summed E-state index contributed by atoms with van der Waals surface area (Å²) < 4.78 is 0. The number of carbonyl (C=O) groups is 2. The van der Waals surface area contributed by atoms with Crippen LogP contribution in [0.3, 0.4) is 0 Å². The van der Waals surface area contributed by atoms with Gasteiger partial charge in [0.05, 0.1) is 0 Å². The summed E-state index contributed by atoms with van der Waals surface area (Å²) in [4.78, 5) is 29.2. The average molecular weight is 262 g/mol. The minimum absolute atomic E-state index is 0.238. The van der Waals surface area contributed by atoms with Gasteiger partial charge in [0.25, 0.3) is 0 Å². The van der Waals surface area contributed by atoms with Crippen molar-refractivity contribution in [3.8, 4) is 0 Å². The topological polar surface area (TPSA) is 91.4 Å². The van der Waals surface area contributed by atoms with E-state index < -0.39 is 12.6 Å². The molecule has 0 spiro atoms. The molecule has 2 rings (SSSR count). The molecule has 0 saturated heterocycles. The highest BCUT2D eigenvalue weighted by Gasteiger charge is 2.07. The molecule has 0 aliphatic carbocycles. The van der Waals surface area contributed by atoms with Crippen LogP contribution in [0.5, 0.6) is 0 Å². The van der Waals surface area contributed by atoms with Gasteiger partial charge in [0.2, 0.25) is 5.91 Å². The number of para-hydroxylation sites is 1. The van der Waals surface area contributed by atoms with E-state index in [1.807, 2.05) is 30.5 Å². The predicted octanol–water partition coefficient (Wildman–Crippen LogP) is 1.23. The first kappa shape index (κ1) is 13.1. The van der Waals surface area contributed by atoms with Gasteiger partial charge in [0.15, 0.2) is 6.61 Å². The highest BCUT2D eigenvalue weighted by molar-refractivity contribution is 5.84. The van der Waals surface area contributed by atoms with Crippen molar-refractivity contribution < 1.29 is 19.5 Å². The molecule has 0 unspecified atom stereocenters. The summed E-state index contributed by atoms with van der Waals surface area (Å²) in [5.41, 5.74) is 4.17. The number of hydrogen-bond acceptors (Lipinski definition) is 3. The molecule has 1 amide bonds. The molecule has 1 heterocycles. The Balaban J connectivity index is 1.85. The molecular formula is C13H14N2O4. The maximum absolute atomic E-state index is 11.4. The monoisotopic (exact) mass is 262 g/mol. The van der Waals surface area contributed by atoms with Crippen LogP contribution in [0.2, 0.25) is 0 Å². The first-order valence-corrected chi connectivity index (χ1v) is 5.84. The van der Waals surface area contributed by atoms with Crippen molar-refractivity contribution in [1.82, 2.24) is 10.5 Å². The smallest absolute Gasteiger partial charge is 0.332 e. The van der Waals surface area contributed by atoms with E-state index in [-0.39, 0.29) is 12.3 Å². The molecule has 19 heavy (non-hydrogen) atoms. The number of hydrogen-bond donors (Lipinski definition) is 3. The Labute approximate surface area is 109 Å². The van der Waals surface area contributed by atoms with E-state index in [0.29, 0.717) is 6.42 Å². The summed E-state index contributed by atoms with van der Waals surface area (Å²) in [6.45, 7) is -0.543. The van der Waals surface area contributed by atoms with Crippen molar-refractivity contribution in [3.63, 3.8) is 0 Å². The zero-order valence-electron chi connectivity index (χ0n) is 10.2. The highest BCUT2D eigenvalue weighted by atomic mass is 16.7. The lowest BCUT2D eigenvalue weighted by atomic mass is 10.1. The molecule has 0 bridgehead atoms. The molecule has 0 aliphatic heterocycles. The standard InChI is InChI=1S/C13H14N2O4/c16-12(15-19-8-13(17)18)6-5-9-7-14-11-4-2-1-3-10(9)11/h1-4,7,14H,5-6,8H2,(H,15,16)(H,17,18). The van der Waals surface area contributed by atoms with Crippen LogP contribution in [-0.2, 0) is 20.8 Å². The molecule has 0 radical (unpaired) electrons. The highest BCUT2D eigenvalue weighted by Crippen LogP contribution is 2.18. The van der Waals surface area contributed by atoms with Crippen molar-refractivity contribution in [2.45, 2.75) is 12.8 Å². The van der Waals surface area contributed by atoms with Crippen molar-refractivity contribution in [3.05, 3.63) is 36.0 Å². The summed E-state index contributed by atoms with van der Waals surface area (Å²) in [6, 6.07) is 7.83. The van der Waals surface area contributed by atoms with Gasteiger partial charge in [-0.3, -0.25) is 9.63 Å². The lowest BCUT2D eigenvalue weighted by molar-refractivity contribution is -0.149. The van der Waals surface area contributed by atoms with Crippen LogP contribution < -0.4 is 5.48 Å². The zero-order valence-corrected chi connectivity index (χ0v) is 10.2. The van der Waals surface area contributed by atoms with E-state index >= 15 is 0 Å². The minimum atomic E-state index is -1.13. The van der Waals surface area contributed by atoms with Crippen molar-refractivity contribution in [2.75, 3.05) is 6.61 Å². The van der Waals surface area contributed by atoms with Crippen LogP contribution in [0.25, 0.3) is 10.9 Å². The van der Waals surface area contributed by atoms with Crippen molar-refractivity contribution >= 4 is 22.8 Å². The molecule has 1 aromatic carbocycles. The number of aromatic amines is 1. The maximum Gasteiger partial charge on any atom is 0.332 e. The molecule has 6 nitrogen and oxygen atoms in total. The Kier molecular flexibility index (Phi) is 4.15. The number of aliphatic carboxylic acids is 1. The lowest BCUT2D eigenvalue weighted by Gasteiger charge is -2.03. The van der Waals surface area contributed by atoms with Gasteiger partial charge in [-0.1, -0.05) is 18.2 Å². The summed E-state index contributed by atoms with van der Waals surface area (Å²) >= 11 is 0. The number of carbonyl (C=O) groups excluding carboxylic acids is 1. The number of hydroxylamine groups is 1. The second kappa shape index (κ2) is 6.01. The van der Waals surface area contributed by atoms with Crippen LogP contribution in [0.4, 0.5) is 0 Å². The van der Waals surface area contributed by atoms with Crippen LogP contribution in [-0.4, -0.2) is 28.6 Å². The van der Waals surface area contributed by atoms with Gasteiger partial charge < -0.3 is 10.1 Å².